The summed E-state index contributed by atoms with van der Waals surface area (Å²) in [5.74, 6) is 0.0684. The summed E-state index contributed by atoms with van der Waals surface area (Å²) in [5, 5.41) is 3.09. The van der Waals surface area contributed by atoms with Crippen molar-refractivity contribution in [2.75, 3.05) is 0 Å². The van der Waals surface area contributed by atoms with Crippen molar-refractivity contribution in [2.45, 2.75) is 12.8 Å². The summed E-state index contributed by atoms with van der Waals surface area (Å²) in [7, 11) is 0. The van der Waals surface area contributed by atoms with Crippen LogP contribution in [0.4, 0.5) is 0 Å². The van der Waals surface area contributed by atoms with Crippen molar-refractivity contribution in [1.29, 1.82) is 0 Å². The van der Waals surface area contributed by atoms with E-state index in [0.717, 1.165) is 27.8 Å². The van der Waals surface area contributed by atoms with Crippen LogP contribution in [0.2, 0.25) is 0 Å². The summed E-state index contributed by atoms with van der Waals surface area (Å²) >= 11 is 0. The highest BCUT2D eigenvalue weighted by atomic mass is 16.2. The highest BCUT2D eigenvalue weighted by molar-refractivity contribution is 6.07. The summed E-state index contributed by atoms with van der Waals surface area (Å²) in [6.45, 7) is 0. The number of nitrogens with one attached hydrogen (secondary N) is 1. The van der Waals surface area contributed by atoms with Gasteiger partial charge in [0.2, 0.25) is 5.91 Å². The minimum atomic E-state index is -0.331. The van der Waals surface area contributed by atoms with Gasteiger partial charge in [-0.15, -0.1) is 0 Å². The van der Waals surface area contributed by atoms with Crippen molar-refractivity contribution in [3.63, 3.8) is 0 Å². The van der Waals surface area contributed by atoms with Gasteiger partial charge in [-0.1, -0.05) is 54.6 Å². The van der Waals surface area contributed by atoms with Crippen LogP contribution in [0.5, 0.6) is 0 Å². The molecule has 5 heteroatoms. The number of nitrogens with zero attached hydrogens (tertiary/aromatic N) is 1. The Bertz CT molecular complexity index is 1030. The predicted octanol–water partition coefficient (Wildman–Crippen LogP) is 2.47. The summed E-state index contributed by atoms with van der Waals surface area (Å²) in [4.78, 5) is 38.6. The van der Waals surface area contributed by atoms with E-state index in [1.807, 2.05) is 42.5 Å². The Morgan fingerprint density at radius 2 is 1.57 bits per heavy atom. The number of amides is 3. The van der Waals surface area contributed by atoms with E-state index in [4.69, 9.17) is 0 Å². The van der Waals surface area contributed by atoms with Crippen LogP contribution in [0.3, 0.4) is 0 Å². The second-order valence-corrected chi connectivity index (χ2v) is 8.52. The number of benzene rings is 2. The monoisotopic (exact) mass is 372 g/mol. The van der Waals surface area contributed by atoms with E-state index in [2.05, 4.69) is 17.6 Å². The first-order valence-electron chi connectivity index (χ1n) is 9.96. The van der Waals surface area contributed by atoms with Gasteiger partial charge in [0.25, 0.3) is 11.8 Å². The van der Waals surface area contributed by atoms with Crippen molar-refractivity contribution in [3.05, 3.63) is 60.2 Å². The molecule has 4 aliphatic carbocycles. The smallest absolute Gasteiger partial charge is 0.252 e. The zero-order valence-electron chi connectivity index (χ0n) is 15.2. The highest BCUT2D eigenvalue weighted by Gasteiger charge is 2.67. The van der Waals surface area contributed by atoms with E-state index in [1.165, 1.54) is 0 Å². The fraction of sp³-hybridized carbons (Fsp3) is 0.348. The Morgan fingerprint density at radius 1 is 0.929 bits per heavy atom. The number of carbonyl (C=O) groups is 3. The van der Waals surface area contributed by atoms with Gasteiger partial charge in [0.1, 0.15) is 0 Å². The van der Waals surface area contributed by atoms with Gasteiger partial charge >= 0.3 is 0 Å². The molecule has 2 aromatic rings. The average Bonchev–Trinajstić information content (AvgIpc) is 3.49. The molecule has 2 bridgehead atoms. The first kappa shape index (κ1) is 16.0. The molecule has 2 saturated carbocycles. The van der Waals surface area contributed by atoms with Crippen LogP contribution < -0.4 is 5.43 Å². The second kappa shape index (κ2) is 5.53. The van der Waals surface area contributed by atoms with Crippen LogP contribution in [0, 0.1) is 35.5 Å². The summed E-state index contributed by atoms with van der Waals surface area (Å²) in [6.07, 6.45) is 5.52. The topological polar surface area (TPSA) is 66.5 Å². The Kier molecular flexibility index (Phi) is 3.17. The number of fused-ring (bicyclic) bond motifs is 1. The van der Waals surface area contributed by atoms with Gasteiger partial charge in [-0.25, -0.2) is 0 Å². The molecule has 5 nitrogen and oxygen atoms in total. The lowest BCUT2D eigenvalue weighted by Crippen LogP contribution is -2.47. The summed E-state index contributed by atoms with van der Waals surface area (Å²) in [5.41, 5.74) is 3.50. The zero-order valence-corrected chi connectivity index (χ0v) is 15.2. The molecule has 0 aromatic heterocycles. The lowest BCUT2D eigenvalue weighted by molar-refractivity contribution is -0.149. The second-order valence-electron chi connectivity index (χ2n) is 8.52. The van der Waals surface area contributed by atoms with E-state index in [1.54, 1.807) is 0 Å². The molecular formula is C23H20N2O3. The lowest BCUT2D eigenvalue weighted by atomic mass is 9.63. The SMILES string of the molecule is O=C(Cc1cccc2ccccc12)NN1C(=O)[C@@H]2[C@H]3C=C[C@@H]([C@@H]4C[C@H]34)[C@@H]2C1=O. The number of carbonyl (C=O) groups excluding carboxylic acids is 3. The van der Waals surface area contributed by atoms with E-state index in [0.29, 0.717) is 11.8 Å². The largest absolute Gasteiger partial charge is 0.273 e. The number of hydrazine groups is 1. The predicted molar refractivity (Wildman–Crippen MR) is 102 cm³/mol. The first-order chi connectivity index (χ1) is 13.6. The van der Waals surface area contributed by atoms with Crippen molar-refractivity contribution < 1.29 is 14.4 Å². The van der Waals surface area contributed by atoms with Crippen molar-refractivity contribution in [3.8, 4) is 0 Å². The molecule has 0 radical (unpaired) electrons. The third-order valence-electron chi connectivity index (χ3n) is 7.13. The minimum absolute atomic E-state index is 0.129. The molecule has 1 aliphatic heterocycles. The van der Waals surface area contributed by atoms with E-state index in [-0.39, 0.29) is 47.8 Å². The van der Waals surface area contributed by atoms with Crippen LogP contribution in [0.25, 0.3) is 10.8 Å². The van der Waals surface area contributed by atoms with Gasteiger partial charge in [-0.05, 0) is 46.4 Å². The van der Waals surface area contributed by atoms with Gasteiger partial charge in [0, 0.05) is 0 Å². The average molecular weight is 372 g/mol. The molecule has 6 atom stereocenters. The molecular weight excluding hydrogens is 352 g/mol. The molecule has 28 heavy (non-hydrogen) atoms. The van der Waals surface area contributed by atoms with Gasteiger partial charge in [0.05, 0.1) is 18.3 Å². The number of imide groups is 1. The maximum Gasteiger partial charge on any atom is 0.252 e. The van der Waals surface area contributed by atoms with Crippen LogP contribution in [-0.2, 0) is 20.8 Å². The number of hydrogen-bond donors (Lipinski definition) is 1. The Labute approximate surface area is 162 Å². The van der Waals surface area contributed by atoms with Crippen LogP contribution in [0.15, 0.2) is 54.6 Å². The molecule has 1 saturated heterocycles. The van der Waals surface area contributed by atoms with Gasteiger partial charge < -0.3 is 0 Å². The molecule has 1 heterocycles. The third-order valence-corrected chi connectivity index (χ3v) is 7.13. The third kappa shape index (κ3) is 2.10. The maximum atomic E-state index is 13.0. The van der Waals surface area contributed by atoms with E-state index >= 15 is 0 Å². The van der Waals surface area contributed by atoms with E-state index in [9.17, 15) is 14.4 Å². The fourth-order valence-corrected chi connectivity index (χ4v) is 5.85. The molecule has 3 fully saturated rings. The van der Waals surface area contributed by atoms with Gasteiger partial charge in [0.15, 0.2) is 0 Å². The van der Waals surface area contributed by atoms with Crippen LogP contribution in [-0.4, -0.2) is 22.7 Å². The standard InChI is InChI=1S/C23H20N2O3/c26-19(10-13-6-3-5-12-4-1-2-7-14(12)13)24-25-22(27)20-15-8-9-16(18-11-17(15)18)21(20)23(25)28/h1-9,15-18,20-21H,10-11H2,(H,24,26)/t15-,16-,17-,18+,20-,21+/m0/s1. The molecule has 1 N–H and O–H groups in total. The van der Waals surface area contributed by atoms with Crippen LogP contribution >= 0.6 is 0 Å². The fourth-order valence-electron chi connectivity index (χ4n) is 5.85. The number of allylic oxidation sites excluding steroid dienone is 2. The summed E-state index contributed by atoms with van der Waals surface area (Å²) in [6, 6.07) is 13.7. The molecule has 7 rings (SSSR count). The van der Waals surface area contributed by atoms with E-state index < -0.39 is 0 Å². The maximum absolute atomic E-state index is 13.0. The Balaban J connectivity index is 1.23. The van der Waals surface area contributed by atoms with Gasteiger partial charge in [-0.3, -0.25) is 19.8 Å². The molecule has 2 aromatic carbocycles. The van der Waals surface area contributed by atoms with Crippen LogP contribution in [0.1, 0.15) is 12.0 Å². The summed E-state index contributed by atoms with van der Waals surface area (Å²) < 4.78 is 0. The normalized spacial score (nSPS) is 34.5. The Hall–Kier alpha value is -2.95. The van der Waals surface area contributed by atoms with Crippen molar-refractivity contribution >= 4 is 28.5 Å². The zero-order chi connectivity index (χ0) is 19.0. The number of hydrogen-bond acceptors (Lipinski definition) is 3. The molecule has 0 unspecified atom stereocenters. The lowest BCUT2D eigenvalue weighted by Gasteiger charge is -2.37. The molecule has 5 aliphatic rings. The number of rotatable bonds is 3. The Morgan fingerprint density at radius 3 is 2.29 bits per heavy atom. The first-order valence-corrected chi connectivity index (χ1v) is 9.96. The van der Waals surface area contributed by atoms with Crippen molar-refractivity contribution in [2.24, 2.45) is 35.5 Å². The molecule has 3 amide bonds. The molecule has 0 spiro atoms. The minimum Gasteiger partial charge on any atom is -0.273 e. The highest BCUT2D eigenvalue weighted by Crippen LogP contribution is 2.65. The molecule has 140 valence electrons. The van der Waals surface area contributed by atoms with Gasteiger partial charge in [-0.2, -0.15) is 5.01 Å². The quantitative estimate of drug-likeness (QED) is 0.665. The van der Waals surface area contributed by atoms with Crippen molar-refractivity contribution in [1.82, 2.24) is 10.4 Å².